The lowest BCUT2D eigenvalue weighted by Gasteiger charge is -2.35. The van der Waals surface area contributed by atoms with Gasteiger partial charge in [-0.25, -0.2) is 4.79 Å². The molecule has 0 heterocycles. The third-order valence-electron chi connectivity index (χ3n) is 7.16. The summed E-state index contributed by atoms with van der Waals surface area (Å²) < 4.78 is 5.48. The molecule has 4 rings (SSSR count). The van der Waals surface area contributed by atoms with E-state index in [2.05, 4.69) is 10.6 Å². The fourth-order valence-corrected chi connectivity index (χ4v) is 4.92. The van der Waals surface area contributed by atoms with E-state index in [-0.39, 0.29) is 29.9 Å². The Bertz CT molecular complexity index is 1430. The highest BCUT2D eigenvalue weighted by atomic mass is 16.6. The van der Waals surface area contributed by atoms with Crippen molar-refractivity contribution in [1.82, 2.24) is 10.2 Å². The predicted molar refractivity (Wildman–Crippen MR) is 160 cm³/mol. The fourth-order valence-electron chi connectivity index (χ4n) is 4.92. The minimum Gasteiger partial charge on any atom is -0.508 e. The predicted octanol–water partition coefficient (Wildman–Crippen LogP) is 5.46. The van der Waals surface area contributed by atoms with Crippen molar-refractivity contribution in [2.75, 3.05) is 5.32 Å². The summed E-state index contributed by atoms with van der Waals surface area (Å²) in [4.78, 5) is 43.1. The number of aromatic hydroxyl groups is 2. The molecule has 0 spiro atoms. The van der Waals surface area contributed by atoms with Crippen LogP contribution in [0.15, 0.2) is 72.8 Å². The average Bonchev–Trinajstić information content (AvgIpc) is 3.63. The quantitative estimate of drug-likeness (QED) is 0.269. The van der Waals surface area contributed by atoms with Crippen molar-refractivity contribution in [3.05, 3.63) is 89.5 Å². The lowest BCUT2D eigenvalue weighted by Crippen LogP contribution is -2.54. The number of hydrogen-bond acceptors (Lipinski definition) is 6. The third kappa shape index (κ3) is 7.81. The number of aryl methyl sites for hydroxylation is 1. The number of ether oxygens (including phenoxy) is 1. The summed E-state index contributed by atoms with van der Waals surface area (Å²) in [6, 6.07) is 17.6. The van der Waals surface area contributed by atoms with Gasteiger partial charge in [0.15, 0.2) is 0 Å². The molecule has 0 radical (unpaired) electrons. The lowest BCUT2D eigenvalue weighted by atomic mass is 9.99. The molecule has 1 aliphatic carbocycles. The number of phenols is 2. The Morgan fingerprint density at radius 2 is 1.64 bits per heavy atom. The Hall–Kier alpha value is -4.53. The monoisotopic (exact) mass is 573 g/mol. The van der Waals surface area contributed by atoms with E-state index in [0.29, 0.717) is 23.2 Å². The fraction of sp³-hybridized carbons (Fsp3) is 0.364. The van der Waals surface area contributed by atoms with E-state index < -0.39 is 35.6 Å². The van der Waals surface area contributed by atoms with Crippen LogP contribution in [0.3, 0.4) is 0 Å². The second-order valence-corrected chi connectivity index (χ2v) is 11.9. The van der Waals surface area contributed by atoms with Crippen LogP contribution in [-0.2, 0) is 20.7 Å². The molecule has 3 amide bonds. The van der Waals surface area contributed by atoms with E-state index in [0.717, 1.165) is 5.56 Å². The van der Waals surface area contributed by atoms with Gasteiger partial charge in [0.1, 0.15) is 29.2 Å². The molecule has 3 aromatic carbocycles. The number of carbonyl (C=O) groups excluding carboxylic acids is 3. The highest BCUT2D eigenvalue weighted by molar-refractivity contribution is 5.99. The number of amides is 3. The molecule has 0 saturated heterocycles. The van der Waals surface area contributed by atoms with Crippen molar-refractivity contribution < 1.29 is 29.3 Å². The number of benzene rings is 3. The summed E-state index contributed by atoms with van der Waals surface area (Å²) in [6.45, 7) is 9.07. The molecule has 1 aliphatic rings. The number of rotatable bonds is 9. The Labute approximate surface area is 246 Å². The Balaban J connectivity index is 1.75. The molecule has 3 aromatic rings. The average molecular weight is 574 g/mol. The van der Waals surface area contributed by atoms with Crippen LogP contribution >= 0.6 is 0 Å². The molecule has 4 unspecified atom stereocenters. The van der Waals surface area contributed by atoms with Gasteiger partial charge in [0.25, 0.3) is 5.91 Å². The SMILES string of the molecule is Cc1ccccc1NC(=O)C(c1cccc(O)c1)N(C(=O)C(Cc1ccc(O)cc1)NC(=O)OC(C)(C)C)C1CC1C. The summed E-state index contributed by atoms with van der Waals surface area (Å²) in [5, 5.41) is 25.8. The normalized spacial score (nSPS) is 17.5. The van der Waals surface area contributed by atoms with Crippen molar-refractivity contribution in [2.45, 2.75) is 71.2 Å². The zero-order valence-electron chi connectivity index (χ0n) is 24.6. The molecule has 4 N–H and O–H groups in total. The van der Waals surface area contributed by atoms with Crippen LogP contribution in [0, 0.1) is 12.8 Å². The molecule has 0 aromatic heterocycles. The zero-order valence-corrected chi connectivity index (χ0v) is 24.6. The summed E-state index contributed by atoms with van der Waals surface area (Å²) >= 11 is 0. The maximum Gasteiger partial charge on any atom is 0.408 e. The van der Waals surface area contributed by atoms with Gasteiger partial charge in [0.05, 0.1) is 0 Å². The number of hydrogen-bond donors (Lipinski definition) is 4. The number of phenolic OH excluding ortho intramolecular Hbond substituents is 2. The van der Waals surface area contributed by atoms with Crippen LogP contribution in [0.25, 0.3) is 0 Å². The lowest BCUT2D eigenvalue weighted by molar-refractivity contribution is -0.141. The third-order valence-corrected chi connectivity index (χ3v) is 7.16. The first-order chi connectivity index (χ1) is 19.8. The van der Waals surface area contributed by atoms with Gasteiger partial charge in [-0.15, -0.1) is 0 Å². The first-order valence-corrected chi connectivity index (χ1v) is 14.1. The summed E-state index contributed by atoms with van der Waals surface area (Å²) in [5.41, 5.74) is 1.81. The molecular weight excluding hydrogens is 534 g/mol. The van der Waals surface area contributed by atoms with Gasteiger partial charge >= 0.3 is 6.09 Å². The van der Waals surface area contributed by atoms with Gasteiger partial charge in [-0.2, -0.15) is 0 Å². The summed E-state index contributed by atoms with van der Waals surface area (Å²) in [7, 11) is 0. The molecule has 1 saturated carbocycles. The first-order valence-electron chi connectivity index (χ1n) is 14.1. The second kappa shape index (κ2) is 12.5. The number of carbonyl (C=O) groups is 3. The van der Waals surface area contributed by atoms with Gasteiger partial charge < -0.3 is 30.5 Å². The Morgan fingerprint density at radius 1 is 0.976 bits per heavy atom. The topological polar surface area (TPSA) is 128 Å². The standard InChI is InChI=1S/C33H39N3O6/c1-20-9-6-7-12-26(20)34-30(39)29(23-10-8-11-25(38)19-23)36(28-17-21(28)2)31(40)27(35-32(41)42-33(3,4)5)18-22-13-15-24(37)16-14-22/h6-16,19,21,27-29,37-38H,17-18H2,1-5H3,(H,34,39)(H,35,41). The van der Waals surface area contributed by atoms with Crippen molar-refractivity contribution in [1.29, 1.82) is 0 Å². The van der Waals surface area contributed by atoms with Crippen molar-refractivity contribution in [2.24, 2.45) is 5.92 Å². The number of alkyl carbamates (subject to hydrolysis) is 1. The second-order valence-electron chi connectivity index (χ2n) is 11.9. The maximum absolute atomic E-state index is 14.5. The van der Waals surface area contributed by atoms with Crippen LogP contribution in [0.2, 0.25) is 0 Å². The smallest absolute Gasteiger partial charge is 0.408 e. The van der Waals surface area contributed by atoms with Gasteiger partial charge in [-0.1, -0.05) is 49.4 Å². The van der Waals surface area contributed by atoms with Crippen LogP contribution < -0.4 is 10.6 Å². The Kier molecular flexibility index (Phi) is 9.09. The van der Waals surface area contributed by atoms with Crippen LogP contribution in [0.1, 0.15) is 56.8 Å². The van der Waals surface area contributed by atoms with Crippen molar-refractivity contribution in [3.63, 3.8) is 0 Å². The molecular formula is C33H39N3O6. The highest BCUT2D eigenvalue weighted by Gasteiger charge is 2.48. The van der Waals surface area contributed by atoms with Gasteiger partial charge in [-0.3, -0.25) is 9.59 Å². The number of para-hydroxylation sites is 1. The van der Waals surface area contributed by atoms with Gasteiger partial charge in [-0.05, 0) is 87.1 Å². The minimum absolute atomic E-state index is 0.0371. The molecule has 4 atom stereocenters. The highest BCUT2D eigenvalue weighted by Crippen LogP contribution is 2.41. The van der Waals surface area contributed by atoms with Gasteiger partial charge in [0, 0.05) is 18.2 Å². The summed E-state index contributed by atoms with van der Waals surface area (Å²) in [6.07, 6.45) is 0.0147. The maximum atomic E-state index is 14.5. The van der Waals surface area contributed by atoms with Gasteiger partial charge in [0.2, 0.25) is 5.91 Å². The molecule has 1 fully saturated rings. The molecule has 9 heteroatoms. The van der Waals surface area contributed by atoms with Crippen molar-refractivity contribution in [3.8, 4) is 11.5 Å². The molecule has 0 aliphatic heterocycles. The van der Waals surface area contributed by atoms with E-state index in [1.54, 1.807) is 51.1 Å². The van der Waals surface area contributed by atoms with Crippen molar-refractivity contribution >= 4 is 23.6 Å². The largest absolute Gasteiger partial charge is 0.508 e. The molecule has 222 valence electrons. The molecule has 42 heavy (non-hydrogen) atoms. The zero-order chi connectivity index (χ0) is 30.6. The van der Waals surface area contributed by atoms with E-state index >= 15 is 0 Å². The number of nitrogens with zero attached hydrogens (tertiary/aromatic N) is 1. The molecule has 0 bridgehead atoms. The Morgan fingerprint density at radius 3 is 2.24 bits per heavy atom. The van der Waals surface area contributed by atoms with E-state index in [1.165, 1.54) is 29.2 Å². The van der Waals surface area contributed by atoms with Crippen LogP contribution in [0.5, 0.6) is 11.5 Å². The van der Waals surface area contributed by atoms with Crippen LogP contribution in [-0.4, -0.2) is 50.7 Å². The van der Waals surface area contributed by atoms with E-state index in [1.807, 2.05) is 32.0 Å². The van der Waals surface area contributed by atoms with E-state index in [4.69, 9.17) is 4.74 Å². The number of anilines is 1. The van der Waals surface area contributed by atoms with E-state index in [9.17, 15) is 24.6 Å². The first kappa shape index (κ1) is 30.4. The number of nitrogens with one attached hydrogen (secondary N) is 2. The molecule has 9 nitrogen and oxygen atoms in total. The van der Waals surface area contributed by atoms with Crippen LogP contribution in [0.4, 0.5) is 10.5 Å². The summed E-state index contributed by atoms with van der Waals surface area (Å²) in [5.74, 6) is -0.743. The minimum atomic E-state index is -1.10.